The van der Waals surface area contributed by atoms with Crippen LogP contribution in [-0.4, -0.2) is 20.4 Å². The molecule has 0 saturated carbocycles. The SMILES string of the molecule is CCCCCCCCCS(c1ccccc1-c1ccccc1)=P(O)(O)O. The van der Waals surface area contributed by atoms with Crippen LogP contribution in [-0.2, 0) is 10.1 Å². The summed E-state index contributed by atoms with van der Waals surface area (Å²) in [6.45, 7) is -1.72. The molecule has 0 amide bonds. The molecule has 2 aromatic carbocycles. The number of rotatable bonds is 10. The molecular weight excluding hydrogens is 363 g/mol. The molecule has 0 fully saturated rings. The van der Waals surface area contributed by atoms with E-state index < -0.39 is 16.8 Å². The Labute approximate surface area is 159 Å². The molecule has 2 aromatic rings. The maximum absolute atomic E-state index is 10.1. The van der Waals surface area contributed by atoms with Crippen LogP contribution in [0, 0.1) is 0 Å². The van der Waals surface area contributed by atoms with Crippen LogP contribution < -0.4 is 0 Å². The Morgan fingerprint density at radius 2 is 1.31 bits per heavy atom. The van der Waals surface area contributed by atoms with Crippen molar-refractivity contribution >= 4 is 16.8 Å². The van der Waals surface area contributed by atoms with Crippen LogP contribution >= 0.6 is 6.72 Å². The van der Waals surface area contributed by atoms with Gasteiger partial charge in [0.15, 0.2) is 0 Å². The van der Waals surface area contributed by atoms with Crippen molar-refractivity contribution in [3.63, 3.8) is 0 Å². The molecule has 0 aliphatic carbocycles. The van der Waals surface area contributed by atoms with Gasteiger partial charge in [-0.3, -0.25) is 0 Å². The molecule has 0 aliphatic heterocycles. The molecule has 2 rings (SSSR count). The fourth-order valence-corrected chi connectivity index (χ4v) is 7.36. The minimum absolute atomic E-state index is 0.620. The molecule has 3 N–H and O–H groups in total. The predicted molar refractivity (Wildman–Crippen MR) is 114 cm³/mol. The minimum atomic E-state index is -3.93. The maximum atomic E-state index is 10.1. The maximum Gasteiger partial charge on any atom is 0.281 e. The van der Waals surface area contributed by atoms with Gasteiger partial charge < -0.3 is 14.7 Å². The summed E-state index contributed by atoms with van der Waals surface area (Å²) in [5, 5.41) is 0. The largest absolute Gasteiger partial charge is 0.328 e. The third-order valence-electron chi connectivity index (χ3n) is 4.46. The van der Waals surface area contributed by atoms with Gasteiger partial charge in [0.05, 0.1) is 0 Å². The normalized spacial score (nSPS) is 12.9. The highest BCUT2D eigenvalue weighted by molar-refractivity contribution is 8.27. The molecule has 144 valence electrons. The quantitative estimate of drug-likeness (QED) is 0.356. The molecule has 3 nitrogen and oxygen atoms in total. The van der Waals surface area contributed by atoms with Crippen LogP contribution in [0.3, 0.4) is 0 Å². The summed E-state index contributed by atoms with van der Waals surface area (Å²) in [4.78, 5) is 31.2. The van der Waals surface area contributed by atoms with Gasteiger partial charge in [-0.15, -0.1) is 0 Å². The summed E-state index contributed by atoms with van der Waals surface area (Å²) in [5.41, 5.74) is 2.01. The highest BCUT2D eigenvalue weighted by Crippen LogP contribution is 2.43. The third-order valence-corrected chi connectivity index (χ3v) is 9.50. The first-order valence-electron chi connectivity index (χ1n) is 9.47. The lowest BCUT2D eigenvalue weighted by molar-refractivity contribution is 0.362. The Hall–Kier alpha value is -0.900. The molecule has 0 aromatic heterocycles. The van der Waals surface area contributed by atoms with E-state index in [9.17, 15) is 14.7 Å². The standard InChI is InChI=1S/C21H31O3PS/c1-2-3-4-5-6-7-13-18-26(25(22,23)24)21-17-12-11-16-20(21)19-14-9-8-10-15-19/h8-12,14-17,22-24H,2-7,13,18H2,1H3. The van der Waals surface area contributed by atoms with Crippen molar-refractivity contribution in [3.8, 4) is 11.1 Å². The summed E-state index contributed by atoms with van der Waals surface area (Å²) in [6, 6.07) is 17.7. The molecule has 1 atom stereocenters. The zero-order valence-electron chi connectivity index (χ0n) is 15.6. The first-order chi connectivity index (χ1) is 12.5. The zero-order valence-corrected chi connectivity index (χ0v) is 17.3. The van der Waals surface area contributed by atoms with E-state index in [1.54, 1.807) is 0 Å². The van der Waals surface area contributed by atoms with Gasteiger partial charge in [-0.05, 0) is 29.4 Å². The molecule has 0 aliphatic rings. The second-order valence-electron chi connectivity index (χ2n) is 6.57. The van der Waals surface area contributed by atoms with Crippen molar-refractivity contribution in [2.24, 2.45) is 0 Å². The van der Waals surface area contributed by atoms with Crippen molar-refractivity contribution in [1.29, 1.82) is 0 Å². The Bertz CT molecular complexity index is 717. The molecule has 26 heavy (non-hydrogen) atoms. The topological polar surface area (TPSA) is 60.7 Å². The zero-order chi connectivity index (χ0) is 18.8. The van der Waals surface area contributed by atoms with Crippen LogP contribution in [0.4, 0.5) is 0 Å². The van der Waals surface area contributed by atoms with Crippen LogP contribution in [0.2, 0.25) is 0 Å². The van der Waals surface area contributed by atoms with Crippen molar-refractivity contribution in [2.75, 3.05) is 5.75 Å². The van der Waals surface area contributed by atoms with E-state index in [2.05, 4.69) is 6.92 Å². The molecule has 0 heterocycles. The number of unbranched alkanes of at least 4 members (excludes halogenated alkanes) is 6. The van der Waals surface area contributed by atoms with E-state index >= 15 is 0 Å². The van der Waals surface area contributed by atoms with Gasteiger partial charge in [0.25, 0.3) is 6.72 Å². The van der Waals surface area contributed by atoms with Gasteiger partial charge in [-0.1, -0.05) is 104 Å². The van der Waals surface area contributed by atoms with Gasteiger partial charge in [0, 0.05) is 4.90 Å². The van der Waals surface area contributed by atoms with Gasteiger partial charge >= 0.3 is 0 Å². The summed E-state index contributed by atoms with van der Waals surface area (Å²) in [6.07, 6.45) is 8.18. The molecule has 0 spiro atoms. The second-order valence-corrected chi connectivity index (χ2v) is 12.0. The van der Waals surface area contributed by atoms with E-state index in [0.29, 0.717) is 5.75 Å². The Morgan fingerprint density at radius 1 is 0.731 bits per heavy atom. The van der Waals surface area contributed by atoms with Crippen LogP contribution in [0.1, 0.15) is 51.9 Å². The van der Waals surface area contributed by atoms with Crippen molar-refractivity contribution in [2.45, 2.75) is 56.8 Å². The Balaban J connectivity index is 2.15. The highest BCUT2D eigenvalue weighted by atomic mass is 32.5. The molecule has 5 heteroatoms. The smallest absolute Gasteiger partial charge is 0.281 e. The summed E-state index contributed by atoms with van der Waals surface area (Å²) < 4.78 is 0. The summed E-state index contributed by atoms with van der Waals surface area (Å²) >= 11 is 0. The first kappa shape index (κ1) is 21.4. The summed E-state index contributed by atoms with van der Waals surface area (Å²) in [7, 11) is -0.948. The minimum Gasteiger partial charge on any atom is -0.328 e. The molecular formula is C21H31O3PS. The average molecular weight is 395 g/mol. The average Bonchev–Trinajstić information content (AvgIpc) is 2.64. The van der Waals surface area contributed by atoms with Gasteiger partial charge in [-0.2, -0.15) is 0 Å². The van der Waals surface area contributed by atoms with Crippen molar-refractivity contribution in [1.82, 2.24) is 0 Å². The van der Waals surface area contributed by atoms with Gasteiger partial charge in [0.1, 0.15) is 0 Å². The van der Waals surface area contributed by atoms with E-state index in [1.807, 2.05) is 54.6 Å². The molecule has 1 unspecified atom stereocenters. The summed E-state index contributed by atoms with van der Waals surface area (Å²) in [5.74, 6) is 0.620. The fraction of sp³-hybridized carbons (Fsp3) is 0.429. The first-order valence-corrected chi connectivity index (χ1v) is 13.1. The monoisotopic (exact) mass is 394 g/mol. The van der Waals surface area contributed by atoms with Gasteiger partial charge in [0.2, 0.25) is 0 Å². The number of benzene rings is 2. The van der Waals surface area contributed by atoms with Crippen LogP contribution in [0.15, 0.2) is 59.5 Å². The van der Waals surface area contributed by atoms with Gasteiger partial charge in [-0.25, -0.2) is 0 Å². The fourth-order valence-electron chi connectivity index (χ4n) is 3.09. The predicted octanol–water partition coefficient (Wildman–Crippen LogP) is 5.74. The van der Waals surface area contributed by atoms with Crippen LogP contribution in [0.5, 0.6) is 0 Å². The number of hydrogen-bond acceptors (Lipinski definition) is 0. The highest BCUT2D eigenvalue weighted by Gasteiger charge is 2.18. The molecule has 0 radical (unpaired) electrons. The molecule has 0 saturated heterocycles. The van der Waals surface area contributed by atoms with E-state index in [-0.39, 0.29) is 0 Å². The lowest BCUT2D eigenvalue weighted by Gasteiger charge is -2.19. The lowest BCUT2D eigenvalue weighted by Crippen LogP contribution is -2.03. The molecule has 0 bridgehead atoms. The van der Waals surface area contributed by atoms with Crippen molar-refractivity contribution < 1.29 is 14.7 Å². The Morgan fingerprint density at radius 3 is 1.96 bits per heavy atom. The van der Waals surface area contributed by atoms with Crippen LogP contribution in [0.25, 0.3) is 11.1 Å². The lowest BCUT2D eigenvalue weighted by atomic mass is 10.1. The van der Waals surface area contributed by atoms with E-state index in [4.69, 9.17) is 0 Å². The Kier molecular flexibility index (Phi) is 9.10. The second kappa shape index (κ2) is 11.1. The van der Waals surface area contributed by atoms with E-state index in [0.717, 1.165) is 28.9 Å². The van der Waals surface area contributed by atoms with Crippen molar-refractivity contribution in [3.05, 3.63) is 54.6 Å². The third kappa shape index (κ3) is 6.68. The number of hydrogen-bond donors (Lipinski definition) is 3. The van der Waals surface area contributed by atoms with E-state index in [1.165, 1.54) is 32.1 Å².